The number of nitrogens with zero attached hydrogens (tertiary/aromatic N) is 2. The van der Waals surface area contributed by atoms with Crippen LogP contribution in [0.15, 0.2) is 35.7 Å². The Bertz CT molecular complexity index is 455. The third-order valence-electron chi connectivity index (χ3n) is 3.67. The SMILES string of the molecule is CC1C[N+](=O)CC2=CN(Br)C3NC=CC=C3C21. The highest BCUT2D eigenvalue weighted by Crippen LogP contribution is 2.40. The average Bonchev–Trinajstić information content (AvgIpc) is 2.28. The monoisotopic (exact) mass is 296 g/mol. The van der Waals surface area contributed by atoms with Crippen LogP contribution in [0.2, 0.25) is 0 Å². The van der Waals surface area contributed by atoms with E-state index in [1.165, 1.54) is 11.1 Å². The van der Waals surface area contributed by atoms with Gasteiger partial charge < -0.3 is 5.32 Å². The summed E-state index contributed by atoms with van der Waals surface area (Å²) in [5, 5.41) is 3.33. The number of dihydropyridines is 1. The molecular formula is C12H15BrN3O+. The Balaban J connectivity index is 2.04. The number of piperidine rings is 1. The van der Waals surface area contributed by atoms with E-state index in [1.54, 1.807) is 0 Å². The third kappa shape index (κ3) is 1.73. The quantitative estimate of drug-likeness (QED) is 0.548. The largest absolute Gasteiger partial charge is 0.367 e. The highest BCUT2D eigenvalue weighted by Gasteiger charge is 2.43. The number of fused-ring (bicyclic) bond motifs is 3. The molecule has 0 radical (unpaired) electrons. The van der Waals surface area contributed by atoms with Gasteiger partial charge in [-0.3, -0.25) is 3.93 Å². The molecule has 3 aliphatic rings. The molecule has 17 heavy (non-hydrogen) atoms. The fourth-order valence-electron chi connectivity index (χ4n) is 3.04. The predicted molar refractivity (Wildman–Crippen MR) is 69.0 cm³/mol. The Kier molecular flexibility index (Phi) is 2.58. The Morgan fingerprint density at radius 3 is 3.24 bits per heavy atom. The first kappa shape index (κ1) is 11.0. The van der Waals surface area contributed by atoms with Crippen LogP contribution in [0.4, 0.5) is 0 Å². The Hall–Kier alpha value is -1.10. The minimum absolute atomic E-state index is 0.175. The van der Waals surface area contributed by atoms with Gasteiger partial charge in [-0.05, 0) is 17.8 Å². The van der Waals surface area contributed by atoms with Crippen molar-refractivity contribution in [1.82, 2.24) is 9.24 Å². The summed E-state index contributed by atoms with van der Waals surface area (Å²) >= 11 is 3.53. The van der Waals surface area contributed by atoms with Crippen molar-refractivity contribution in [1.29, 1.82) is 0 Å². The zero-order valence-corrected chi connectivity index (χ0v) is 11.2. The Morgan fingerprint density at radius 2 is 2.41 bits per heavy atom. The van der Waals surface area contributed by atoms with Crippen molar-refractivity contribution in [3.05, 3.63) is 40.6 Å². The van der Waals surface area contributed by atoms with E-state index in [4.69, 9.17) is 0 Å². The zero-order valence-electron chi connectivity index (χ0n) is 9.64. The van der Waals surface area contributed by atoms with Crippen molar-refractivity contribution >= 4 is 16.1 Å². The maximum absolute atomic E-state index is 11.6. The fraction of sp³-hybridized carbons (Fsp3) is 0.500. The summed E-state index contributed by atoms with van der Waals surface area (Å²) in [5.41, 5.74) is 2.55. The molecule has 0 bridgehead atoms. The molecule has 1 fully saturated rings. The first-order chi connectivity index (χ1) is 8.16. The molecule has 3 heterocycles. The maximum atomic E-state index is 11.6. The van der Waals surface area contributed by atoms with Crippen LogP contribution < -0.4 is 5.32 Å². The van der Waals surface area contributed by atoms with Gasteiger partial charge in [-0.1, -0.05) is 13.0 Å². The van der Waals surface area contributed by atoms with Gasteiger partial charge in [-0.2, -0.15) is 0 Å². The zero-order chi connectivity index (χ0) is 12.0. The van der Waals surface area contributed by atoms with E-state index < -0.39 is 0 Å². The van der Waals surface area contributed by atoms with E-state index in [2.05, 4.69) is 40.7 Å². The van der Waals surface area contributed by atoms with Crippen LogP contribution >= 0.6 is 16.1 Å². The third-order valence-corrected chi connectivity index (χ3v) is 4.28. The molecule has 0 aromatic rings. The van der Waals surface area contributed by atoms with Crippen LogP contribution in [0.25, 0.3) is 0 Å². The first-order valence-corrected chi connectivity index (χ1v) is 6.57. The van der Waals surface area contributed by atoms with Gasteiger partial charge in [0.25, 0.3) is 0 Å². The number of hydrogen-bond donors (Lipinski definition) is 1. The minimum Gasteiger partial charge on any atom is -0.367 e. The molecule has 90 valence electrons. The summed E-state index contributed by atoms with van der Waals surface area (Å²) in [6.07, 6.45) is 8.39. The molecule has 1 N–H and O–H groups in total. The van der Waals surface area contributed by atoms with Gasteiger partial charge in [-0.25, -0.2) is 0 Å². The number of rotatable bonds is 0. The summed E-state index contributed by atoms with van der Waals surface area (Å²) in [7, 11) is 0. The van der Waals surface area contributed by atoms with Crippen molar-refractivity contribution in [2.45, 2.75) is 13.1 Å². The van der Waals surface area contributed by atoms with E-state index in [0.29, 0.717) is 24.9 Å². The van der Waals surface area contributed by atoms with Crippen molar-refractivity contribution < 1.29 is 4.76 Å². The van der Waals surface area contributed by atoms with Crippen LogP contribution in [0.5, 0.6) is 0 Å². The lowest BCUT2D eigenvalue weighted by Gasteiger charge is -2.41. The van der Waals surface area contributed by atoms with Gasteiger partial charge in [0.05, 0.1) is 16.1 Å². The number of hydrogen-bond acceptors (Lipinski definition) is 3. The number of nitroso groups, excluding NO2 is 1. The molecule has 0 spiro atoms. The summed E-state index contributed by atoms with van der Waals surface area (Å²) in [6.45, 7) is 3.30. The molecular weight excluding hydrogens is 282 g/mol. The number of halogens is 1. The molecule has 3 aliphatic heterocycles. The van der Waals surface area contributed by atoms with E-state index in [0.717, 1.165) is 4.76 Å². The standard InChI is InChI=1S/C12H15BrN3O/c1-8-5-15(17)6-9-7-16(13)12-10(11(8)9)3-2-4-14-12/h2-4,7-8,11-12,14H,5-6H2,1H3/q+1. The molecule has 3 unspecified atom stereocenters. The molecule has 0 amide bonds. The Labute approximate surface area is 109 Å². The lowest BCUT2D eigenvalue weighted by Crippen LogP contribution is -2.48. The predicted octanol–water partition coefficient (Wildman–Crippen LogP) is 1.91. The molecule has 3 rings (SSSR count). The maximum Gasteiger partial charge on any atom is 0.215 e. The van der Waals surface area contributed by atoms with E-state index in [9.17, 15) is 4.91 Å². The topological polar surface area (TPSA) is 35.4 Å². The molecule has 0 aliphatic carbocycles. The molecule has 4 nitrogen and oxygen atoms in total. The highest BCUT2D eigenvalue weighted by atomic mass is 79.9. The first-order valence-electron chi connectivity index (χ1n) is 5.86. The smallest absolute Gasteiger partial charge is 0.215 e. The molecule has 1 saturated heterocycles. The summed E-state index contributed by atoms with van der Waals surface area (Å²) in [4.78, 5) is 11.6. The lowest BCUT2D eigenvalue weighted by atomic mass is 9.75. The van der Waals surface area contributed by atoms with E-state index >= 15 is 0 Å². The van der Waals surface area contributed by atoms with Crippen LogP contribution in [0.3, 0.4) is 0 Å². The fourth-order valence-corrected chi connectivity index (χ4v) is 3.65. The van der Waals surface area contributed by atoms with Crippen molar-refractivity contribution in [2.24, 2.45) is 11.8 Å². The summed E-state index contributed by atoms with van der Waals surface area (Å²) in [5.74, 6) is 0.771. The van der Waals surface area contributed by atoms with Crippen molar-refractivity contribution in [3.63, 3.8) is 0 Å². The van der Waals surface area contributed by atoms with Gasteiger partial charge in [0.2, 0.25) is 6.54 Å². The lowest BCUT2D eigenvalue weighted by molar-refractivity contribution is -0.557. The summed E-state index contributed by atoms with van der Waals surface area (Å²) in [6, 6.07) is 0. The number of allylic oxidation sites excluding steroid dienone is 2. The molecule has 5 heteroatoms. The normalized spacial score (nSPS) is 35.5. The van der Waals surface area contributed by atoms with Crippen LogP contribution in [-0.4, -0.2) is 27.9 Å². The molecule has 0 aromatic carbocycles. The van der Waals surface area contributed by atoms with Crippen LogP contribution in [0.1, 0.15) is 6.92 Å². The van der Waals surface area contributed by atoms with Gasteiger partial charge >= 0.3 is 0 Å². The van der Waals surface area contributed by atoms with Gasteiger partial charge in [0, 0.05) is 33.3 Å². The van der Waals surface area contributed by atoms with E-state index in [-0.39, 0.29) is 6.17 Å². The molecule has 0 aromatic heterocycles. The van der Waals surface area contributed by atoms with Crippen molar-refractivity contribution in [2.75, 3.05) is 13.1 Å². The van der Waals surface area contributed by atoms with Gasteiger partial charge in [0.15, 0.2) is 6.54 Å². The molecule has 3 atom stereocenters. The second kappa shape index (κ2) is 3.98. The minimum atomic E-state index is 0.175. The second-order valence-corrected chi connectivity index (χ2v) is 5.74. The second-order valence-electron chi connectivity index (χ2n) is 4.92. The Morgan fingerprint density at radius 1 is 1.59 bits per heavy atom. The number of nitrogens with one attached hydrogen (secondary N) is 1. The van der Waals surface area contributed by atoms with Crippen molar-refractivity contribution in [3.8, 4) is 0 Å². The van der Waals surface area contributed by atoms with Gasteiger partial charge in [-0.15, -0.1) is 0 Å². The highest BCUT2D eigenvalue weighted by molar-refractivity contribution is 9.07. The summed E-state index contributed by atoms with van der Waals surface area (Å²) < 4.78 is 3.13. The van der Waals surface area contributed by atoms with Crippen LogP contribution in [0, 0.1) is 16.7 Å². The average molecular weight is 297 g/mol. The molecule has 0 saturated carbocycles. The van der Waals surface area contributed by atoms with Crippen LogP contribution in [-0.2, 0) is 0 Å². The van der Waals surface area contributed by atoms with E-state index in [1.807, 2.05) is 16.2 Å². The van der Waals surface area contributed by atoms with Gasteiger partial charge in [0.1, 0.15) is 6.17 Å².